The van der Waals surface area contributed by atoms with E-state index in [1.54, 1.807) is 35.7 Å². The molecule has 0 amide bonds. The molecule has 1 rings (SSSR count). The standard InChI is InChI=1S/C7H8NO3PS/c8-6-13(12(9,10)11)7-4-2-1-3-5-7/h1-5,9-11H. The van der Waals surface area contributed by atoms with Gasteiger partial charge in [-0.3, -0.25) is 0 Å². The second-order valence-corrected chi connectivity index (χ2v) is 7.02. The van der Waals surface area contributed by atoms with Crippen molar-refractivity contribution in [2.45, 2.75) is 4.90 Å². The monoisotopic (exact) mass is 217 g/mol. The lowest BCUT2D eigenvalue weighted by Crippen LogP contribution is -1.91. The fourth-order valence-corrected chi connectivity index (χ4v) is 3.25. The van der Waals surface area contributed by atoms with Crippen molar-refractivity contribution in [1.29, 1.82) is 5.26 Å². The molecule has 1 atom stereocenters. The highest BCUT2D eigenvalue weighted by molar-refractivity contribution is 8.30. The summed E-state index contributed by atoms with van der Waals surface area (Å²) in [5.74, 6) is 0. The first-order chi connectivity index (χ1) is 6.05. The molecule has 0 aliphatic carbocycles. The molecular weight excluding hydrogens is 209 g/mol. The Morgan fingerprint density at radius 2 is 1.69 bits per heavy atom. The van der Waals surface area contributed by atoms with Crippen LogP contribution in [0.2, 0.25) is 0 Å². The van der Waals surface area contributed by atoms with E-state index in [4.69, 9.17) is 19.9 Å². The summed E-state index contributed by atoms with van der Waals surface area (Å²) in [6.45, 7) is -4.08. The number of hydrogen-bond donors (Lipinski definition) is 3. The average molecular weight is 217 g/mol. The Balaban J connectivity index is 3.33. The summed E-state index contributed by atoms with van der Waals surface area (Å²) in [7, 11) is -1.53. The third kappa shape index (κ3) is 2.66. The van der Waals surface area contributed by atoms with E-state index in [1.165, 1.54) is 0 Å². The molecule has 0 spiro atoms. The van der Waals surface area contributed by atoms with Crippen LogP contribution >= 0.6 is 6.72 Å². The van der Waals surface area contributed by atoms with Crippen molar-refractivity contribution in [3.63, 3.8) is 0 Å². The first kappa shape index (κ1) is 10.5. The molecule has 1 aromatic rings. The van der Waals surface area contributed by atoms with Gasteiger partial charge in [-0.1, -0.05) is 18.2 Å². The van der Waals surface area contributed by atoms with E-state index in [1.807, 2.05) is 0 Å². The molecule has 0 radical (unpaired) electrons. The van der Waals surface area contributed by atoms with Gasteiger partial charge in [0.15, 0.2) is 0 Å². The van der Waals surface area contributed by atoms with E-state index in [-0.39, 0.29) is 0 Å². The molecule has 1 unspecified atom stereocenters. The maximum Gasteiger partial charge on any atom is 0.295 e. The van der Waals surface area contributed by atoms with E-state index in [0.29, 0.717) is 4.90 Å². The van der Waals surface area contributed by atoms with Gasteiger partial charge in [0.2, 0.25) is 0 Å². The Labute approximate surface area is 77.9 Å². The lowest BCUT2D eigenvalue weighted by molar-refractivity contribution is 0.363. The summed E-state index contributed by atoms with van der Waals surface area (Å²) >= 11 is 0. The molecule has 0 saturated heterocycles. The van der Waals surface area contributed by atoms with Gasteiger partial charge in [-0.25, -0.2) is 0 Å². The Morgan fingerprint density at radius 3 is 2.08 bits per heavy atom. The molecule has 0 aromatic heterocycles. The van der Waals surface area contributed by atoms with Gasteiger partial charge in [0.05, 0.1) is 0 Å². The topological polar surface area (TPSA) is 84.5 Å². The Kier molecular flexibility index (Phi) is 3.26. The van der Waals surface area contributed by atoms with Crippen molar-refractivity contribution in [2.75, 3.05) is 0 Å². The summed E-state index contributed by atoms with van der Waals surface area (Å²) in [4.78, 5) is 27.3. The van der Waals surface area contributed by atoms with Crippen LogP contribution in [0.3, 0.4) is 0 Å². The Morgan fingerprint density at radius 1 is 1.15 bits per heavy atom. The van der Waals surface area contributed by atoms with Gasteiger partial charge in [0, 0.05) is 15.0 Å². The fourth-order valence-electron chi connectivity index (χ4n) is 0.798. The first-order valence-electron chi connectivity index (χ1n) is 3.33. The van der Waals surface area contributed by atoms with Crippen molar-refractivity contribution in [3.8, 4) is 5.40 Å². The molecule has 0 saturated carbocycles. The zero-order chi connectivity index (χ0) is 9.90. The van der Waals surface area contributed by atoms with Crippen LogP contribution in [0.4, 0.5) is 0 Å². The minimum atomic E-state index is -4.08. The smallest absolute Gasteiger partial charge is 0.295 e. The van der Waals surface area contributed by atoms with Gasteiger partial charge >= 0.3 is 0 Å². The van der Waals surface area contributed by atoms with Crippen molar-refractivity contribution >= 4 is 16.8 Å². The van der Waals surface area contributed by atoms with Crippen molar-refractivity contribution in [2.24, 2.45) is 0 Å². The first-order valence-corrected chi connectivity index (χ1v) is 6.80. The number of hydrogen-bond acceptors (Lipinski definition) is 1. The van der Waals surface area contributed by atoms with Gasteiger partial charge < -0.3 is 14.7 Å². The zero-order valence-electron chi connectivity index (χ0n) is 6.53. The molecular formula is C7H8NO3PS. The van der Waals surface area contributed by atoms with E-state index < -0.39 is 16.8 Å². The van der Waals surface area contributed by atoms with Crippen LogP contribution in [-0.2, 0) is 10.1 Å². The number of nitrogens with zero attached hydrogens (tertiary/aromatic N) is 1. The zero-order valence-corrected chi connectivity index (χ0v) is 8.24. The highest BCUT2D eigenvalue weighted by Crippen LogP contribution is 2.39. The maximum absolute atomic E-state index is 8.94. The lowest BCUT2D eigenvalue weighted by atomic mass is 10.4. The average Bonchev–Trinajstić information content (AvgIpc) is 2.05. The molecule has 0 bridgehead atoms. The molecule has 0 fully saturated rings. The highest BCUT2D eigenvalue weighted by atomic mass is 32.5. The molecule has 3 N–H and O–H groups in total. The summed E-state index contributed by atoms with van der Waals surface area (Å²) in [5.41, 5.74) is 0. The number of benzene rings is 1. The van der Waals surface area contributed by atoms with Crippen LogP contribution < -0.4 is 0 Å². The van der Waals surface area contributed by atoms with Gasteiger partial charge in [-0.05, 0) is 12.1 Å². The third-order valence-electron chi connectivity index (χ3n) is 1.30. The van der Waals surface area contributed by atoms with Crippen molar-refractivity contribution in [3.05, 3.63) is 30.3 Å². The van der Waals surface area contributed by atoms with Crippen molar-refractivity contribution in [1.82, 2.24) is 0 Å². The van der Waals surface area contributed by atoms with Crippen LogP contribution in [0.25, 0.3) is 0 Å². The van der Waals surface area contributed by atoms with E-state index in [0.717, 1.165) is 0 Å². The molecule has 1 aromatic carbocycles. The lowest BCUT2D eigenvalue weighted by Gasteiger charge is -2.07. The van der Waals surface area contributed by atoms with Gasteiger partial charge in [0.25, 0.3) is 6.72 Å². The molecule has 0 aliphatic rings. The summed E-state index contributed by atoms with van der Waals surface area (Å²) < 4.78 is 0. The Hall–Kier alpha value is -0.630. The highest BCUT2D eigenvalue weighted by Gasteiger charge is 2.13. The second-order valence-electron chi connectivity index (χ2n) is 2.20. The summed E-state index contributed by atoms with van der Waals surface area (Å²) in [6, 6.07) is 8.23. The molecule has 4 nitrogen and oxygen atoms in total. The predicted molar refractivity (Wildman–Crippen MR) is 51.3 cm³/mol. The van der Waals surface area contributed by atoms with Gasteiger partial charge in [-0.2, -0.15) is 5.26 Å². The molecule has 13 heavy (non-hydrogen) atoms. The molecule has 6 heteroatoms. The van der Waals surface area contributed by atoms with Gasteiger partial charge in [-0.15, -0.1) is 0 Å². The maximum atomic E-state index is 8.94. The number of rotatable bonds is 1. The van der Waals surface area contributed by atoms with Crippen LogP contribution in [0.15, 0.2) is 35.2 Å². The minimum Gasteiger partial charge on any atom is -0.328 e. The SMILES string of the molecule is N#CS(c1ccccc1)=P(O)(O)O. The van der Waals surface area contributed by atoms with Crippen LogP contribution in [0.1, 0.15) is 0 Å². The largest absolute Gasteiger partial charge is 0.328 e. The minimum absolute atomic E-state index is 0.436. The van der Waals surface area contributed by atoms with Crippen LogP contribution in [-0.4, -0.2) is 14.7 Å². The second kappa shape index (κ2) is 4.05. The fraction of sp³-hybridized carbons (Fsp3) is 0. The molecule has 0 aliphatic heterocycles. The van der Waals surface area contributed by atoms with Gasteiger partial charge in [0.1, 0.15) is 5.40 Å². The summed E-state index contributed by atoms with van der Waals surface area (Å²) in [6.07, 6.45) is 0. The van der Waals surface area contributed by atoms with Crippen LogP contribution in [0.5, 0.6) is 0 Å². The quantitative estimate of drug-likeness (QED) is 0.480. The summed E-state index contributed by atoms with van der Waals surface area (Å²) in [5, 5.41) is 10.3. The van der Waals surface area contributed by atoms with E-state index in [2.05, 4.69) is 0 Å². The number of thiocyanates is 1. The predicted octanol–water partition coefficient (Wildman–Crippen LogP) is 0.799. The molecule has 70 valence electrons. The van der Waals surface area contributed by atoms with Crippen molar-refractivity contribution < 1.29 is 14.7 Å². The van der Waals surface area contributed by atoms with E-state index in [9.17, 15) is 0 Å². The number of nitriles is 1. The Bertz CT molecular complexity index is 384. The van der Waals surface area contributed by atoms with Crippen LogP contribution in [0, 0.1) is 10.7 Å². The normalized spacial score (nSPS) is 13.4. The molecule has 0 heterocycles. The third-order valence-corrected chi connectivity index (χ3v) is 5.03. The van der Waals surface area contributed by atoms with E-state index >= 15 is 0 Å².